The summed E-state index contributed by atoms with van der Waals surface area (Å²) in [4.78, 5) is 13.8. The molecule has 0 aromatic rings. The van der Waals surface area contributed by atoms with Gasteiger partial charge in [0.2, 0.25) is 0 Å². The van der Waals surface area contributed by atoms with E-state index in [-0.39, 0.29) is 6.03 Å². The number of hydrogen-bond acceptors (Lipinski definition) is 1. The minimum atomic E-state index is 0.159. The van der Waals surface area contributed by atoms with Gasteiger partial charge in [0.1, 0.15) is 0 Å². The fraction of sp³-hybridized carbons (Fsp3) is 0.909. The molecule has 14 heavy (non-hydrogen) atoms. The van der Waals surface area contributed by atoms with Gasteiger partial charge in [-0.15, -0.1) is 0 Å². The molecule has 1 saturated carbocycles. The van der Waals surface area contributed by atoms with E-state index in [9.17, 15) is 4.79 Å². The molecular weight excluding hydrogens is 176 g/mol. The van der Waals surface area contributed by atoms with E-state index in [1.165, 1.54) is 19.3 Å². The van der Waals surface area contributed by atoms with Crippen molar-refractivity contribution in [3.8, 4) is 0 Å². The Hall–Kier alpha value is -0.730. The molecule has 0 radical (unpaired) electrons. The van der Waals surface area contributed by atoms with E-state index in [1.807, 2.05) is 4.90 Å². The maximum atomic E-state index is 11.8. The van der Waals surface area contributed by atoms with Crippen molar-refractivity contribution >= 4 is 6.03 Å². The van der Waals surface area contributed by atoms with Crippen LogP contribution in [-0.4, -0.2) is 29.6 Å². The number of carbonyl (C=O) groups excluding carboxylic acids is 1. The largest absolute Gasteiger partial charge is 0.335 e. The van der Waals surface area contributed by atoms with E-state index < -0.39 is 0 Å². The number of rotatable bonds is 1. The first-order valence-electron chi connectivity index (χ1n) is 5.74. The molecule has 3 nitrogen and oxygen atoms in total. The summed E-state index contributed by atoms with van der Waals surface area (Å²) in [5, 5.41) is 3.10. The van der Waals surface area contributed by atoms with Gasteiger partial charge in [-0.2, -0.15) is 0 Å². The molecule has 80 valence electrons. The first-order chi connectivity index (χ1) is 6.66. The number of nitrogens with one attached hydrogen (secondary N) is 1. The number of amides is 2. The summed E-state index contributed by atoms with van der Waals surface area (Å²) in [6.07, 6.45) is 4.77. The Bertz CT molecular complexity index is 225. The zero-order chi connectivity index (χ0) is 10.1. The predicted molar refractivity (Wildman–Crippen MR) is 56.1 cm³/mol. The van der Waals surface area contributed by atoms with Crippen LogP contribution in [0.2, 0.25) is 0 Å². The molecule has 2 amide bonds. The van der Waals surface area contributed by atoms with E-state index in [0.717, 1.165) is 13.0 Å². The SMILES string of the molecule is CC1CC(C)N(C(=O)NC2CCC2)C1. The smallest absolute Gasteiger partial charge is 0.317 e. The van der Waals surface area contributed by atoms with E-state index >= 15 is 0 Å². The molecule has 1 saturated heterocycles. The number of hydrogen-bond donors (Lipinski definition) is 1. The fourth-order valence-electron chi connectivity index (χ4n) is 2.39. The van der Waals surface area contributed by atoms with Crippen molar-refractivity contribution in [2.45, 2.75) is 51.6 Å². The van der Waals surface area contributed by atoms with E-state index in [4.69, 9.17) is 0 Å². The third-order valence-corrected chi connectivity index (χ3v) is 3.48. The molecule has 0 spiro atoms. The molecule has 2 fully saturated rings. The minimum absolute atomic E-state index is 0.159. The monoisotopic (exact) mass is 196 g/mol. The molecule has 2 aliphatic rings. The first-order valence-corrected chi connectivity index (χ1v) is 5.74. The minimum Gasteiger partial charge on any atom is -0.335 e. The second-order valence-electron chi connectivity index (χ2n) is 4.92. The lowest BCUT2D eigenvalue weighted by Gasteiger charge is -2.30. The fourth-order valence-corrected chi connectivity index (χ4v) is 2.39. The maximum absolute atomic E-state index is 11.8. The molecule has 0 aromatic heterocycles. The summed E-state index contributed by atoms with van der Waals surface area (Å²) in [5.74, 6) is 0.664. The molecule has 1 N–H and O–H groups in total. The van der Waals surface area contributed by atoms with Crippen LogP contribution in [-0.2, 0) is 0 Å². The van der Waals surface area contributed by atoms with Gasteiger partial charge in [-0.25, -0.2) is 4.79 Å². The van der Waals surface area contributed by atoms with Gasteiger partial charge < -0.3 is 10.2 Å². The van der Waals surface area contributed by atoms with Crippen LogP contribution in [0, 0.1) is 5.92 Å². The molecule has 1 aliphatic heterocycles. The van der Waals surface area contributed by atoms with Crippen LogP contribution >= 0.6 is 0 Å². The molecule has 2 atom stereocenters. The zero-order valence-electron chi connectivity index (χ0n) is 9.12. The Balaban J connectivity index is 1.84. The highest BCUT2D eigenvalue weighted by molar-refractivity contribution is 5.75. The van der Waals surface area contributed by atoms with Crippen molar-refractivity contribution in [1.82, 2.24) is 10.2 Å². The van der Waals surface area contributed by atoms with Crippen LogP contribution < -0.4 is 5.32 Å². The molecule has 3 heteroatoms. The quantitative estimate of drug-likeness (QED) is 0.683. The van der Waals surface area contributed by atoms with Crippen molar-refractivity contribution in [3.05, 3.63) is 0 Å². The Kier molecular flexibility index (Phi) is 2.66. The van der Waals surface area contributed by atoms with Crippen molar-refractivity contribution in [2.75, 3.05) is 6.54 Å². The van der Waals surface area contributed by atoms with Crippen LogP contribution in [0.5, 0.6) is 0 Å². The van der Waals surface area contributed by atoms with Crippen molar-refractivity contribution in [3.63, 3.8) is 0 Å². The van der Waals surface area contributed by atoms with Crippen LogP contribution in [0.1, 0.15) is 39.5 Å². The molecule has 2 unspecified atom stereocenters. The van der Waals surface area contributed by atoms with E-state index in [1.54, 1.807) is 0 Å². The average Bonchev–Trinajstić information content (AvgIpc) is 2.37. The highest BCUT2D eigenvalue weighted by Gasteiger charge is 2.31. The number of urea groups is 1. The van der Waals surface area contributed by atoms with Crippen molar-refractivity contribution in [2.24, 2.45) is 5.92 Å². The van der Waals surface area contributed by atoms with E-state index in [2.05, 4.69) is 19.2 Å². The topological polar surface area (TPSA) is 32.3 Å². The lowest BCUT2D eigenvalue weighted by Crippen LogP contribution is -2.48. The Labute approximate surface area is 85.8 Å². The summed E-state index contributed by atoms with van der Waals surface area (Å²) in [7, 11) is 0. The van der Waals surface area contributed by atoms with Gasteiger partial charge in [0.25, 0.3) is 0 Å². The first kappa shape index (κ1) is 9.81. The predicted octanol–water partition coefficient (Wildman–Crippen LogP) is 1.98. The van der Waals surface area contributed by atoms with Gasteiger partial charge in [0, 0.05) is 18.6 Å². The van der Waals surface area contributed by atoms with Gasteiger partial charge in [0.15, 0.2) is 0 Å². The van der Waals surface area contributed by atoms with Gasteiger partial charge in [0.05, 0.1) is 0 Å². The van der Waals surface area contributed by atoms with Gasteiger partial charge in [-0.3, -0.25) is 0 Å². The standard InChI is InChI=1S/C11H20N2O/c1-8-6-9(2)13(7-8)11(14)12-10-4-3-5-10/h8-10H,3-7H2,1-2H3,(H,12,14). The summed E-state index contributed by atoms with van der Waals surface area (Å²) in [5.41, 5.74) is 0. The highest BCUT2D eigenvalue weighted by Crippen LogP contribution is 2.23. The normalized spacial score (nSPS) is 32.9. The second-order valence-corrected chi connectivity index (χ2v) is 4.92. The highest BCUT2D eigenvalue weighted by atomic mass is 16.2. The zero-order valence-corrected chi connectivity index (χ0v) is 9.12. The van der Waals surface area contributed by atoms with E-state index in [0.29, 0.717) is 18.0 Å². The lowest BCUT2D eigenvalue weighted by molar-refractivity contribution is 0.183. The Morgan fingerprint density at radius 2 is 2.07 bits per heavy atom. The molecule has 2 rings (SSSR count). The summed E-state index contributed by atoms with van der Waals surface area (Å²) < 4.78 is 0. The molecule has 0 bridgehead atoms. The van der Waals surface area contributed by atoms with Crippen molar-refractivity contribution in [1.29, 1.82) is 0 Å². The second kappa shape index (κ2) is 3.79. The summed E-state index contributed by atoms with van der Waals surface area (Å²) in [6.45, 7) is 5.29. The lowest BCUT2D eigenvalue weighted by atomic mass is 9.93. The number of carbonyl (C=O) groups is 1. The number of likely N-dealkylation sites (tertiary alicyclic amines) is 1. The molecule has 1 aliphatic carbocycles. The number of nitrogens with zero attached hydrogens (tertiary/aromatic N) is 1. The van der Waals surface area contributed by atoms with Crippen LogP contribution in [0.15, 0.2) is 0 Å². The molecular formula is C11H20N2O. The van der Waals surface area contributed by atoms with Gasteiger partial charge in [-0.05, 0) is 38.5 Å². The van der Waals surface area contributed by atoms with Crippen LogP contribution in [0.25, 0.3) is 0 Å². The van der Waals surface area contributed by atoms with Gasteiger partial charge >= 0.3 is 6.03 Å². The van der Waals surface area contributed by atoms with Gasteiger partial charge in [-0.1, -0.05) is 6.92 Å². The molecule has 0 aromatic carbocycles. The Morgan fingerprint density at radius 1 is 1.36 bits per heavy atom. The van der Waals surface area contributed by atoms with Crippen LogP contribution in [0.3, 0.4) is 0 Å². The Morgan fingerprint density at radius 3 is 2.50 bits per heavy atom. The summed E-state index contributed by atoms with van der Waals surface area (Å²) in [6, 6.07) is 1.04. The third-order valence-electron chi connectivity index (χ3n) is 3.48. The third kappa shape index (κ3) is 1.86. The summed E-state index contributed by atoms with van der Waals surface area (Å²) >= 11 is 0. The van der Waals surface area contributed by atoms with Crippen LogP contribution in [0.4, 0.5) is 4.79 Å². The van der Waals surface area contributed by atoms with Crippen molar-refractivity contribution < 1.29 is 4.79 Å². The average molecular weight is 196 g/mol. The maximum Gasteiger partial charge on any atom is 0.317 e. The molecule has 1 heterocycles.